The maximum atomic E-state index is 10.4. The predicted octanol–water partition coefficient (Wildman–Crippen LogP) is 1.85. The molecular formula is C9H6N2O3. The van der Waals surface area contributed by atoms with Crippen LogP contribution in [0.2, 0.25) is 0 Å². The number of aromatic hydroxyl groups is 1. The normalized spacial score (nSPS) is 10.3. The number of aromatic nitrogens is 1. The Labute approximate surface area is 78.8 Å². The van der Waals surface area contributed by atoms with E-state index < -0.39 is 4.92 Å². The van der Waals surface area contributed by atoms with Crippen LogP contribution in [0.3, 0.4) is 0 Å². The number of non-ortho nitro benzene ring substituents is 1. The number of nitrogens with zero attached hydrogens (tertiary/aromatic N) is 2. The van der Waals surface area contributed by atoms with Gasteiger partial charge >= 0.3 is 0 Å². The van der Waals surface area contributed by atoms with Crippen LogP contribution in [0.4, 0.5) is 5.69 Å². The fraction of sp³-hybridized carbons (Fsp3) is 0. The standard InChI is InChI=1S/C9H6N2O3/c12-9-3-4-10-8-5-6(11(13)14)1-2-7(8)9/h1-5H,(H,10,12). The van der Waals surface area contributed by atoms with Gasteiger partial charge in [-0.3, -0.25) is 15.1 Å². The number of fused-ring (bicyclic) bond motifs is 1. The lowest BCUT2D eigenvalue weighted by Gasteiger charge is -1.98. The van der Waals surface area contributed by atoms with Gasteiger partial charge in [-0.2, -0.15) is 0 Å². The fourth-order valence-corrected chi connectivity index (χ4v) is 1.23. The minimum atomic E-state index is -0.495. The smallest absolute Gasteiger partial charge is 0.271 e. The van der Waals surface area contributed by atoms with Crippen LogP contribution in [0.5, 0.6) is 5.75 Å². The summed E-state index contributed by atoms with van der Waals surface area (Å²) in [5, 5.41) is 20.3. The number of nitro groups is 1. The van der Waals surface area contributed by atoms with Crippen LogP contribution >= 0.6 is 0 Å². The topological polar surface area (TPSA) is 76.3 Å². The number of pyridine rings is 1. The highest BCUT2D eigenvalue weighted by Gasteiger charge is 2.08. The summed E-state index contributed by atoms with van der Waals surface area (Å²) in [7, 11) is 0. The number of hydrogen-bond acceptors (Lipinski definition) is 4. The van der Waals surface area contributed by atoms with Crippen molar-refractivity contribution in [2.45, 2.75) is 0 Å². The molecule has 1 aromatic heterocycles. The molecule has 5 heteroatoms. The highest BCUT2D eigenvalue weighted by atomic mass is 16.6. The summed E-state index contributed by atoms with van der Waals surface area (Å²) in [6.07, 6.45) is 1.40. The molecule has 0 saturated heterocycles. The SMILES string of the molecule is O=[N+]([O-])c1ccc2c(O)ccnc2c1. The largest absolute Gasteiger partial charge is 0.507 e. The molecule has 0 radical (unpaired) electrons. The minimum absolute atomic E-state index is 0.0319. The van der Waals surface area contributed by atoms with Crippen LogP contribution in [-0.2, 0) is 0 Å². The molecule has 0 unspecified atom stereocenters. The van der Waals surface area contributed by atoms with Crippen molar-refractivity contribution >= 4 is 16.6 Å². The lowest BCUT2D eigenvalue weighted by molar-refractivity contribution is -0.384. The maximum Gasteiger partial charge on any atom is 0.271 e. The summed E-state index contributed by atoms with van der Waals surface area (Å²) in [5.41, 5.74) is 0.384. The third-order valence-corrected chi connectivity index (χ3v) is 1.91. The van der Waals surface area contributed by atoms with E-state index in [-0.39, 0.29) is 11.4 Å². The van der Waals surface area contributed by atoms with Crippen LogP contribution in [0, 0.1) is 10.1 Å². The van der Waals surface area contributed by atoms with Crippen molar-refractivity contribution in [2.24, 2.45) is 0 Å². The van der Waals surface area contributed by atoms with Crippen molar-refractivity contribution in [3.8, 4) is 5.75 Å². The van der Waals surface area contributed by atoms with E-state index >= 15 is 0 Å². The highest BCUT2D eigenvalue weighted by Crippen LogP contribution is 2.25. The van der Waals surface area contributed by atoms with Crippen molar-refractivity contribution in [1.29, 1.82) is 0 Å². The van der Waals surface area contributed by atoms with Gasteiger partial charge in [-0.15, -0.1) is 0 Å². The summed E-state index contributed by atoms with van der Waals surface area (Å²) in [4.78, 5) is 13.9. The molecule has 70 valence electrons. The minimum Gasteiger partial charge on any atom is -0.507 e. The average Bonchev–Trinajstić information content (AvgIpc) is 2.17. The molecule has 1 N–H and O–H groups in total. The maximum absolute atomic E-state index is 10.4. The van der Waals surface area contributed by atoms with E-state index in [1.165, 1.54) is 30.5 Å². The zero-order valence-electron chi connectivity index (χ0n) is 7.04. The highest BCUT2D eigenvalue weighted by molar-refractivity contribution is 5.86. The summed E-state index contributed by atoms with van der Waals surface area (Å²) >= 11 is 0. The third-order valence-electron chi connectivity index (χ3n) is 1.91. The van der Waals surface area contributed by atoms with Crippen LogP contribution in [0.25, 0.3) is 10.9 Å². The molecule has 14 heavy (non-hydrogen) atoms. The van der Waals surface area contributed by atoms with E-state index in [0.29, 0.717) is 10.9 Å². The first kappa shape index (κ1) is 8.43. The average molecular weight is 190 g/mol. The summed E-state index contributed by atoms with van der Waals surface area (Å²) in [5.74, 6) is 0.0740. The van der Waals surface area contributed by atoms with Gasteiger partial charge in [-0.05, 0) is 12.1 Å². The lowest BCUT2D eigenvalue weighted by atomic mass is 10.2. The number of hydrogen-bond donors (Lipinski definition) is 1. The second kappa shape index (κ2) is 2.95. The van der Waals surface area contributed by atoms with Crippen molar-refractivity contribution in [3.63, 3.8) is 0 Å². The molecule has 2 rings (SSSR count). The molecule has 0 amide bonds. The second-order valence-electron chi connectivity index (χ2n) is 2.79. The zero-order chi connectivity index (χ0) is 10.1. The van der Waals surface area contributed by atoms with E-state index in [0.717, 1.165) is 0 Å². The lowest BCUT2D eigenvalue weighted by Crippen LogP contribution is -1.88. The molecule has 0 bridgehead atoms. The Kier molecular flexibility index (Phi) is 1.78. The summed E-state index contributed by atoms with van der Waals surface area (Å²) < 4.78 is 0. The van der Waals surface area contributed by atoms with E-state index in [1.54, 1.807) is 0 Å². The molecule has 1 aromatic carbocycles. The monoisotopic (exact) mass is 190 g/mol. The van der Waals surface area contributed by atoms with Crippen LogP contribution < -0.4 is 0 Å². The molecule has 0 aliphatic rings. The van der Waals surface area contributed by atoms with Gasteiger partial charge in [0.2, 0.25) is 0 Å². The molecule has 0 atom stereocenters. The van der Waals surface area contributed by atoms with Gasteiger partial charge in [-0.1, -0.05) is 0 Å². The predicted molar refractivity (Wildman–Crippen MR) is 50.1 cm³/mol. The molecule has 0 aliphatic carbocycles. The molecule has 5 nitrogen and oxygen atoms in total. The van der Waals surface area contributed by atoms with Crippen molar-refractivity contribution in [3.05, 3.63) is 40.6 Å². The third kappa shape index (κ3) is 1.24. The Hall–Kier alpha value is -2.17. The van der Waals surface area contributed by atoms with Crippen molar-refractivity contribution < 1.29 is 10.0 Å². The molecule has 0 fully saturated rings. The summed E-state index contributed by atoms with van der Waals surface area (Å²) in [6.45, 7) is 0. The number of rotatable bonds is 1. The van der Waals surface area contributed by atoms with Crippen LogP contribution in [0.1, 0.15) is 0 Å². The van der Waals surface area contributed by atoms with Gasteiger partial charge in [0.1, 0.15) is 5.75 Å². The Morgan fingerprint density at radius 3 is 2.86 bits per heavy atom. The Bertz CT molecular complexity index is 510. The Balaban J connectivity index is 2.73. The molecule has 0 aliphatic heterocycles. The Morgan fingerprint density at radius 1 is 1.36 bits per heavy atom. The first-order valence-corrected chi connectivity index (χ1v) is 3.90. The molecule has 2 aromatic rings. The van der Waals surface area contributed by atoms with Gasteiger partial charge in [0.15, 0.2) is 0 Å². The van der Waals surface area contributed by atoms with Crippen LogP contribution in [-0.4, -0.2) is 15.0 Å². The van der Waals surface area contributed by atoms with E-state index in [4.69, 9.17) is 0 Å². The van der Waals surface area contributed by atoms with E-state index in [1.807, 2.05) is 0 Å². The van der Waals surface area contributed by atoms with Gasteiger partial charge in [0.05, 0.1) is 10.4 Å². The van der Waals surface area contributed by atoms with Crippen molar-refractivity contribution in [1.82, 2.24) is 4.98 Å². The van der Waals surface area contributed by atoms with E-state index in [9.17, 15) is 15.2 Å². The van der Waals surface area contributed by atoms with Gasteiger partial charge in [0.25, 0.3) is 5.69 Å². The summed E-state index contributed by atoms with van der Waals surface area (Å²) in [6, 6.07) is 5.59. The van der Waals surface area contributed by atoms with Gasteiger partial charge in [0, 0.05) is 23.7 Å². The fourth-order valence-electron chi connectivity index (χ4n) is 1.23. The molecule has 0 saturated carbocycles. The molecule has 0 spiro atoms. The quantitative estimate of drug-likeness (QED) is 0.549. The first-order chi connectivity index (χ1) is 6.68. The zero-order valence-corrected chi connectivity index (χ0v) is 7.04. The second-order valence-corrected chi connectivity index (χ2v) is 2.79. The first-order valence-electron chi connectivity index (χ1n) is 3.90. The number of nitro benzene ring substituents is 1. The van der Waals surface area contributed by atoms with Gasteiger partial charge in [-0.25, -0.2) is 0 Å². The van der Waals surface area contributed by atoms with E-state index in [2.05, 4.69) is 4.98 Å². The van der Waals surface area contributed by atoms with Crippen molar-refractivity contribution in [2.75, 3.05) is 0 Å². The number of benzene rings is 1. The molecule has 1 heterocycles. The van der Waals surface area contributed by atoms with Gasteiger partial charge < -0.3 is 5.11 Å². The Morgan fingerprint density at radius 2 is 2.14 bits per heavy atom. The van der Waals surface area contributed by atoms with Crippen LogP contribution in [0.15, 0.2) is 30.5 Å². The molecular weight excluding hydrogens is 184 g/mol.